The van der Waals surface area contributed by atoms with Gasteiger partial charge >= 0.3 is 0 Å². The fraction of sp³-hybridized carbons (Fsp3) is 0.316. The second-order valence-corrected chi connectivity index (χ2v) is 6.05. The summed E-state index contributed by atoms with van der Waals surface area (Å²) in [6, 6.07) is 13.8. The highest BCUT2D eigenvalue weighted by atomic mass is 16.5. The van der Waals surface area contributed by atoms with Gasteiger partial charge in [-0.25, -0.2) is 0 Å². The van der Waals surface area contributed by atoms with Crippen LogP contribution in [0, 0.1) is 6.92 Å². The molecule has 0 bridgehead atoms. The predicted octanol–water partition coefficient (Wildman–Crippen LogP) is 2.17. The smallest absolute Gasteiger partial charge is 0.191 e. The summed E-state index contributed by atoms with van der Waals surface area (Å²) in [7, 11) is 1.74. The third-order valence-corrected chi connectivity index (χ3v) is 4.00. The molecule has 2 aromatic heterocycles. The molecule has 0 aliphatic rings. The van der Waals surface area contributed by atoms with Gasteiger partial charge in [0.1, 0.15) is 11.9 Å². The number of guanidine groups is 1. The maximum Gasteiger partial charge on any atom is 0.191 e. The second kappa shape index (κ2) is 8.33. The van der Waals surface area contributed by atoms with Gasteiger partial charge in [-0.2, -0.15) is 0 Å². The highest BCUT2D eigenvalue weighted by molar-refractivity contribution is 5.79. The molecule has 0 fully saturated rings. The first-order valence-corrected chi connectivity index (χ1v) is 8.63. The summed E-state index contributed by atoms with van der Waals surface area (Å²) in [6.07, 6.45) is 1.95. The van der Waals surface area contributed by atoms with Crippen molar-refractivity contribution in [2.24, 2.45) is 4.99 Å². The number of benzene rings is 1. The van der Waals surface area contributed by atoms with Crippen LogP contribution in [0.15, 0.2) is 53.7 Å². The first-order chi connectivity index (χ1) is 12.7. The van der Waals surface area contributed by atoms with Gasteiger partial charge in [-0.3, -0.25) is 9.39 Å². The van der Waals surface area contributed by atoms with Gasteiger partial charge in [0, 0.05) is 13.2 Å². The number of nitrogens with zero attached hydrogens (tertiary/aromatic N) is 4. The number of hydrogen-bond acceptors (Lipinski definition) is 4. The van der Waals surface area contributed by atoms with Crippen molar-refractivity contribution >= 4 is 11.6 Å². The molecule has 3 rings (SSSR count). The Hall–Kier alpha value is -3.09. The molecule has 0 saturated carbocycles. The summed E-state index contributed by atoms with van der Waals surface area (Å²) < 4.78 is 7.92. The topological polar surface area (TPSA) is 75.8 Å². The average Bonchev–Trinajstić information content (AvgIpc) is 3.07. The van der Waals surface area contributed by atoms with E-state index in [9.17, 15) is 0 Å². The summed E-state index contributed by atoms with van der Waals surface area (Å²) in [4.78, 5) is 4.25. The van der Waals surface area contributed by atoms with Crippen molar-refractivity contribution in [2.45, 2.75) is 26.5 Å². The Kier molecular flexibility index (Phi) is 5.68. The molecule has 0 radical (unpaired) electrons. The van der Waals surface area contributed by atoms with E-state index in [2.05, 4.69) is 25.8 Å². The molecule has 26 heavy (non-hydrogen) atoms. The van der Waals surface area contributed by atoms with Gasteiger partial charge in [-0.1, -0.05) is 24.3 Å². The number of aromatic nitrogens is 3. The number of rotatable bonds is 6. The third kappa shape index (κ3) is 4.30. The van der Waals surface area contributed by atoms with Crippen molar-refractivity contribution in [3.05, 3.63) is 60.0 Å². The number of hydrogen-bond donors (Lipinski definition) is 2. The van der Waals surface area contributed by atoms with Gasteiger partial charge in [0.25, 0.3) is 0 Å². The predicted molar refractivity (Wildman–Crippen MR) is 102 cm³/mol. The minimum Gasteiger partial charge on any atom is -0.489 e. The SMILES string of the molecule is CN=C(NCc1nnc2ccccn12)NCC(C)Oc1ccccc1C. The lowest BCUT2D eigenvalue weighted by atomic mass is 10.2. The monoisotopic (exact) mass is 352 g/mol. The van der Waals surface area contributed by atoms with Crippen molar-refractivity contribution < 1.29 is 4.74 Å². The fourth-order valence-corrected chi connectivity index (χ4v) is 2.58. The number of aryl methyl sites for hydroxylation is 1. The highest BCUT2D eigenvalue weighted by Crippen LogP contribution is 2.17. The largest absolute Gasteiger partial charge is 0.489 e. The van der Waals surface area contributed by atoms with Crippen molar-refractivity contribution in [3.63, 3.8) is 0 Å². The van der Waals surface area contributed by atoms with Crippen LogP contribution in [0.3, 0.4) is 0 Å². The average molecular weight is 352 g/mol. The number of aliphatic imine (C=N–C) groups is 1. The Labute approximate surface area is 153 Å². The van der Waals surface area contributed by atoms with Crippen molar-refractivity contribution in [2.75, 3.05) is 13.6 Å². The van der Waals surface area contributed by atoms with Gasteiger partial charge in [0.15, 0.2) is 17.4 Å². The molecular weight excluding hydrogens is 328 g/mol. The number of nitrogens with one attached hydrogen (secondary N) is 2. The third-order valence-electron chi connectivity index (χ3n) is 4.00. The zero-order valence-corrected chi connectivity index (χ0v) is 15.3. The number of para-hydroxylation sites is 1. The van der Waals surface area contributed by atoms with Gasteiger partial charge in [-0.05, 0) is 37.6 Å². The van der Waals surface area contributed by atoms with Crippen LogP contribution in [0.5, 0.6) is 5.75 Å². The summed E-state index contributed by atoms with van der Waals surface area (Å²) in [6.45, 7) is 5.23. The van der Waals surface area contributed by atoms with Gasteiger partial charge < -0.3 is 15.4 Å². The Morgan fingerprint density at radius 2 is 1.96 bits per heavy atom. The van der Waals surface area contributed by atoms with Gasteiger partial charge in [-0.15, -0.1) is 10.2 Å². The second-order valence-electron chi connectivity index (χ2n) is 6.05. The van der Waals surface area contributed by atoms with Crippen molar-refractivity contribution in [1.82, 2.24) is 25.2 Å². The molecule has 1 unspecified atom stereocenters. The molecule has 1 aromatic carbocycles. The van der Waals surface area contributed by atoms with E-state index in [0.29, 0.717) is 19.0 Å². The van der Waals surface area contributed by atoms with Gasteiger partial charge in [0.2, 0.25) is 0 Å². The maximum absolute atomic E-state index is 5.98. The van der Waals surface area contributed by atoms with Crippen LogP contribution in [-0.2, 0) is 6.54 Å². The van der Waals surface area contributed by atoms with E-state index in [1.54, 1.807) is 7.05 Å². The highest BCUT2D eigenvalue weighted by Gasteiger charge is 2.09. The normalized spacial score (nSPS) is 12.8. The molecule has 0 spiro atoms. The molecule has 3 aromatic rings. The molecule has 0 amide bonds. The Bertz CT molecular complexity index is 888. The number of fused-ring (bicyclic) bond motifs is 1. The molecule has 136 valence electrons. The molecule has 0 aliphatic carbocycles. The van der Waals surface area contributed by atoms with Crippen molar-refractivity contribution in [1.29, 1.82) is 0 Å². The lowest BCUT2D eigenvalue weighted by Gasteiger charge is -2.18. The van der Waals surface area contributed by atoms with Crippen LogP contribution in [0.4, 0.5) is 0 Å². The molecule has 7 nitrogen and oxygen atoms in total. The summed E-state index contributed by atoms with van der Waals surface area (Å²) in [5.41, 5.74) is 1.95. The van der Waals surface area contributed by atoms with Crippen LogP contribution in [0.1, 0.15) is 18.3 Å². The van der Waals surface area contributed by atoms with E-state index in [4.69, 9.17) is 4.74 Å². The Morgan fingerprint density at radius 1 is 1.15 bits per heavy atom. The molecule has 0 aliphatic heterocycles. The molecule has 0 saturated heterocycles. The Morgan fingerprint density at radius 3 is 2.77 bits per heavy atom. The summed E-state index contributed by atoms with van der Waals surface area (Å²) in [5.74, 6) is 2.42. The lowest BCUT2D eigenvalue weighted by molar-refractivity contribution is 0.222. The zero-order chi connectivity index (χ0) is 18.4. The minimum absolute atomic E-state index is 0.00331. The maximum atomic E-state index is 5.98. The van der Waals surface area contributed by atoms with Crippen LogP contribution >= 0.6 is 0 Å². The zero-order valence-electron chi connectivity index (χ0n) is 15.3. The first kappa shape index (κ1) is 17.7. The van der Waals surface area contributed by atoms with Crippen LogP contribution in [0.2, 0.25) is 0 Å². The van der Waals surface area contributed by atoms with Gasteiger partial charge in [0.05, 0.1) is 13.1 Å². The molecule has 2 heterocycles. The van der Waals surface area contributed by atoms with E-state index < -0.39 is 0 Å². The van der Waals surface area contributed by atoms with E-state index in [1.807, 2.05) is 66.9 Å². The van der Waals surface area contributed by atoms with E-state index in [1.165, 1.54) is 0 Å². The van der Waals surface area contributed by atoms with Crippen LogP contribution in [-0.4, -0.2) is 40.3 Å². The van der Waals surface area contributed by atoms with Crippen LogP contribution < -0.4 is 15.4 Å². The minimum atomic E-state index is 0.00331. The van der Waals surface area contributed by atoms with Crippen molar-refractivity contribution in [3.8, 4) is 5.75 Å². The molecule has 7 heteroatoms. The fourth-order valence-electron chi connectivity index (χ4n) is 2.58. The quantitative estimate of drug-likeness (QED) is 0.525. The first-order valence-electron chi connectivity index (χ1n) is 8.63. The van der Waals surface area contributed by atoms with Crippen LogP contribution in [0.25, 0.3) is 5.65 Å². The molecule has 2 N–H and O–H groups in total. The Balaban J connectivity index is 1.51. The molecular formula is C19H24N6O. The standard InChI is InChI=1S/C19H24N6O/c1-14-8-4-5-9-16(14)26-15(2)12-21-19(20-3)22-13-18-24-23-17-10-6-7-11-25(17)18/h4-11,15H,12-13H2,1-3H3,(H2,20,21,22). The van der Waals surface area contributed by atoms with E-state index in [0.717, 1.165) is 22.8 Å². The van der Waals surface area contributed by atoms with E-state index in [-0.39, 0.29) is 6.10 Å². The summed E-state index contributed by atoms with van der Waals surface area (Å²) >= 11 is 0. The molecule has 1 atom stereocenters. The lowest BCUT2D eigenvalue weighted by Crippen LogP contribution is -2.41. The summed E-state index contributed by atoms with van der Waals surface area (Å²) in [5, 5.41) is 14.9. The van der Waals surface area contributed by atoms with E-state index >= 15 is 0 Å². The number of pyridine rings is 1. The number of ether oxygens (including phenoxy) is 1.